The zero-order valence-electron chi connectivity index (χ0n) is 14.5. The molecule has 0 aliphatic carbocycles. The molecule has 0 radical (unpaired) electrons. The van der Waals surface area contributed by atoms with Crippen molar-refractivity contribution in [2.24, 2.45) is 5.92 Å². The zero-order chi connectivity index (χ0) is 17.4. The summed E-state index contributed by atoms with van der Waals surface area (Å²) < 4.78 is 16.3. The van der Waals surface area contributed by atoms with Gasteiger partial charge in [-0.3, -0.25) is 9.59 Å². The number of hydrogen-bond acceptors (Lipinski definition) is 5. The molecule has 1 heterocycles. The minimum Gasteiger partial charge on any atom is -0.493 e. The van der Waals surface area contributed by atoms with Crippen molar-refractivity contribution in [2.45, 2.75) is 52.4 Å². The van der Waals surface area contributed by atoms with Gasteiger partial charge in [0.05, 0.1) is 12.5 Å². The van der Waals surface area contributed by atoms with Crippen molar-refractivity contribution in [3.63, 3.8) is 0 Å². The van der Waals surface area contributed by atoms with Crippen LogP contribution in [0.25, 0.3) is 0 Å². The normalized spacial score (nSPS) is 12.5. The first-order chi connectivity index (χ1) is 11.7. The molecule has 132 valence electrons. The lowest BCUT2D eigenvalue weighted by Gasteiger charge is -2.13. The second kappa shape index (κ2) is 9.30. The molecule has 1 aliphatic heterocycles. The number of ketones is 2. The molecule has 1 aromatic carbocycles. The summed E-state index contributed by atoms with van der Waals surface area (Å²) in [5.74, 6) is 1.95. The molecule has 0 saturated heterocycles. The molecule has 0 spiro atoms. The molecule has 0 N–H and O–H groups in total. The lowest BCUT2D eigenvalue weighted by atomic mass is 9.90. The number of Topliss-reactive ketones (excluding diaryl/α,β-unsaturated/α-hetero) is 2. The number of hydrogen-bond donors (Lipinski definition) is 0. The van der Waals surface area contributed by atoms with Gasteiger partial charge in [-0.1, -0.05) is 26.7 Å². The smallest absolute Gasteiger partial charge is 0.231 e. The van der Waals surface area contributed by atoms with Crippen molar-refractivity contribution in [2.75, 3.05) is 13.4 Å². The molecule has 0 bridgehead atoms. The Morgan fingerprint density at radius 3 is 2.46 bits per heavy atom. The molecule has 1 aromatic rings. The van der Waals surface area contributed by atoms with Gasteiger partial charge in [-0.05, 0) is 25.0 Å². The SMILES string of the molecule is CCC(=O)C(CCCCCOc1ccc2c(c1)OCO2)C(=O)CC. The summed E-state index contributed by atoms with van der Waals surface area (Å²) in [6, 6.07) is 5.54. The van der Waals surface area contributed by atoms with Crippen LogP contribution in [0.5, 0.6) is 17.2 Å². The third kappa shape index (κ3) is 4.98. The first kappa shape index (κ1) is 18.3. The van der Waals surface area contributed by atoms with Crippen molar-refractivity contribution in [3.8, 4) is 17.2 Å². The zero-order valence-corrected chi connectivity index (χ0v) is 14.5. The topological polar surface area (TPSA) is 61.8 Å². The molecular weight excluding hydrogens is 308 g/mol. The lowest BCUT2D eigenvalue weighted by Crippen LogP contribution is -2.23. The number of rotatable bonds is 11. The highest BCUT2D eigenvalue weighted by molar-refractivity contribution is 6.02. The minimum atomic E-state index is -0.408. The van der Waals surface area contributed by atoms with Crippen molar-refractivity contribution in [1.82, 2.24) is 0 Å². The van der Waals surface area contributed by atoms with Gasteiger partial charge < -0.3 is 14.2 Å². The maximum atomic E-state index is 11.8. The van der Waals surface area contributed by atoms with Gasteiger partial charge in [0, 0.05) is 18.9 Å². The molecule has 2 rings (SSSR count). The molecule has 0 amide bonds. The summed E-state index contributed by atoms with van der Waals surface area (Å²) in [5.41, 5.74) is 0. The van der Waals surface area contributed by atoms with E-state index < -0.39 is 5.92 Å². The van der Waals surface area contributed by atoms with Crippen molar-refractivity contribution >= 4 is 11.6 Å². The molecule has 24 heavy (non-hydrogen) atoms. The van der Waals surface area contributed by atoms with E-state index in [-0.39, 0.29) is 18.4 Å². The van der Waals surface area contributed by atoms with E-state index in [1.165, 1.54) is 0 Å². The van der Waals surface area contributed by atoms with Gasteiger partial charge in [-0.15, -0.1) is 0 Å². The van der Waals surface area contributed by atoms with Gasteiger partial charge in [0.15, 0.2) is 11.5 Å². The fourth-order valence-corrected chi connectivity index (χ4v) is 2.78. The van der Waals surface area contributed by atoms with Crippen molar-refractivity contribution in [3.05, 3.63) is 18.2 Å². The third-order valence-corrected chi connectivity index (χ3v) is 4.22. The quantitative estimate of drug-likeness (QED) is 0.453. The summed E-state index contributed by atoms with van der Waals surface area (Å²) in [6.07, 6.45) is 4.22. The average Bonchev–Trinajstić information content (AvgIpc) is 3.07. The Bertz CT molecular complexity index is 551. The molecular formula is C19H26O5. The number of carbonyl (C=O) groups is 2. The summed E-state index contributed by atoms with van der Waals surface area (Å²) in [5, 5.41) is 0. The van der Waals surface area contributed by atoms with Gasteiger partial charge in [0.25, 0.3) is 0 Å². The first-order valence-corrected chi connectivity index (χ1v) is 8.73. The standard InChI is InChI=1S/C19H26O5/c1-3-16(20)15(17(21)4-2)8-6-5-7-11-22-14-9-10-18-19(12-14)24-13-23-18/h9-10,12,15H,3-8,11,13H2,1-2H3. The number of unbranched alkanes of at least 4 members (excludes halogenated alkanes) is 2. The van der Waals surface area contributed by atoms with Gasteiger partial charge in [-0.2, -0.15) is 0 Å². The van der Waals surface area contributed by atoms with Crippen LogP contribution in [0, 0.1) is 5.92 Å². The third-order valence-electron chi connectivity index (χ3n) is 4.22. The lowest BCUT2D eigenvalue weighted by molar-refractivity contribution is -0.132. The van der Waals surface area contributed by atoms with E-state index >= 15 is 0 Å². The molecule has 0 aromatic heterocycles. The van der Waals surface area contributed by atoms with E-state index in [4.69, 9.17) is 14.2 Å². The van der Waals surface area contributed by atoms with Crippen molar-refractivity contribution in [1.29, 1.82) is 0 Å². The predicted molar refractivity (Wildman–Crippen MR) is 90.6 cm³/mol. The Labute approximate surface area is 143 Å². The van der Waals surface area contributed by atoms with E-state index in [1.807, 2.05) is 32.0 Å². The number of ether oxygens (including phenoxy) is 3. The van der Waals surface area contributed by atoms with Crippen LogP contribution < -0.4 is 14.2 Å². The number of fused-ring (bicyclic) bond motifs is 1. The highest BCUT2D eigenvalue weighted by Crippen LogP contribution is 2.35. The molecule has 5 nitrogen and oxygen atoms in total. The highest BCUT2D eigenvalue weighted by atomic mass is 16.7. The summed E-state index contributed by atoms with van der Waals surface area (Å²) in [4.78, 5) is 23.7. The summed E-state index contributed by atoms with van der Waals surface area (Å²) in [7, 11) is 0. The second-order valence-corrected chi connectivity index (χ2v) is 5.91. The van der Waals surface area contributed by atoms with Crippen LogP contribution in [0.2, 0.25) is 0 Å². The van der Waals surface area contributed by atoms with Gasteiger partial charge in [0.1, 0.15) is 17.3 Å². The van der Waals surface area contributed by atoms with Crippen LogP contribution in [0.4, 0.5) is 0 Å². The van der Waals surface area contributed by atoms with Crippen LogP contribution in [0.1, 0.15) is 52.4 Å². The first-order valence-electron chi connectivity index (χ1n) is 8.73. The largest absolute Gasteiger partial charge is 0.493 e. The number of benzene rings is 1. The maximum absolute atomic E-state index is 11.8. The molecule has 0 atom stereocenters. The Morgan fingerprint density at radius 1 is 1.04 bits per heavy atom. The molecule has 5 heteroatoms. The summed E-state index contributed by atoms with van der Waals surface area (Å²) in [6.45, 7) is 4.50. The molecule has 0 unspecified atom stereocenters. The van der Waals surface area contributed by atoms with Crippen LogP contribution >= 0.6 is 0 Å². The van der Waals surface area contributed by atoms with Crippen molar-refractivity contribution < 1.29 is 23.8 Å². The Balaban J connectivity index is 1.65. The molecule has 0 fully saturated rings. The predicted octanol–water partition coefficient (Wildman–Crippen LogP) is 3.93. The van der Waals surface area contributed by atoms with Crippen LogP contribution in [-0.2, 0) is 9.59 Å². The van der Waals surface area contributed by atoms with E-state index in [0.29, 0.717) is 31.6 Å². The van der Waals surface area contributed by atoms with Crippen LogP contribution in [-0.4, -0.2) is 25.0 Å². The highest BCUT2D eigenvalue weighted by Gasteiger charge is 2.22. The van der Waals surface area contributed by atoms with E-state index in [2.05, 4.69) is 0 Å². The van der Waals surface area contributed by atoms with Gasteiger partial charge >= 0.3 is 0 Å². The van der Waals surface area contributed by atoms with Gasteiger partial charge in [-0.25, -0.2) is 0 Å². The number of carbonyl (C=O) groups excluding carboxylic acids is 2. The molecule has 1 aliphatic rings. The Kier molecular flexibility index (Phi) is 7.09. The average molecular weight is 334 g/mol. The second-order valence-electron chi connectivity index (χ2n) is 5.91. The maximum Gasteiger partial charge on any atom is 0.231 e. The summed E-state index contributed by atoms with van der Waals surface area (Å²) >= 11 is 0. The Hall–Kier alpha value is -2.04. The monoisotopic (exact) mass is 334 g/mol. The fraction of sp³-hybridized carbons (Fsp3) is 0.579. The van der Waals surface area contributed by atoms with E-state index in [9.17, 15) is 9.59 Å². The van der Waals surface area contributed by atoms with E-state index in [0.717, 1.165) is 30.8 Å². The fourth-order valence-electron chi connectivity index (χ4n) is 2.78. The van der Waals surface area contributed by atoms with Crippen LogP contribution in [0.15, 0.2) is 18.2 Å². The molecule has 0 saturated carbocycles. The van der Waals surface area contributed by atoms with Crippen LogP contribution in [0.3, 0.4) is 0 Å². The minimum absolute atomic E-state index is 0.0680. The van der Waals surface area contributed by atoms with Gasteiger partial charge in [0.2, 0.25) is 6.79 Å². The van der Waals surface area contributed by atoms with E-state index in [1.54, 1.807) is 0 Å². The Morgan fingerprint density at radius 2 is 1.75 bits per heavy atom.